The third kappa shape index (κ3) is 5.68. The Hall–Kier alpha value is -4.48. The highest BCUT2D eigenvalue weighted by atomic mass is 32.1. The van der Waals surface area contributed by atoms with Crippen LogP contribution in [0.15, 0.2) is 78.3 Å². The number of hydrogen-bond acceptors (Lipinski definition) is 5. The number of rotatable bonds is 6. The van der Waals surface area contributed by atoms with Gasteiger partial charge in [0.25, 0.3) is 5.91 Å². The summed E-state index contributed by atoms with van der Waals surface area (Å²) in [5, 5.41) is 13.0. The van der Waals surface area contributed by atoms with E-state index in [0.717, 1.165) is 29.2 Å². The number of fused-ring (bicyclic) bond motifs is 1. The number of carbonyl (C=O) groups excluding carboxylic acids is 3. The van der Waals surface area contributed by atoms with Crippen molar-refractivity contribution in [3.63, 3.8) is 0 Å². The molecule has 8 heteroatoms. The number of nitrogens with one attached hydrogen (secondary N) is 3. The lowest BCUT2D eigenvalue weighted by Gasteiger charge is -2.20. The number of hydrogen-bond donors (Lipinski definition) is 3. The zero-order valence-electron chi connectivity index (χ0n) is 19.9. The molecule has 1 heterocycles. The van der Waals surface area contributed by atoms with Crippen LogP contribution >= 0.6 is 11.3 Å². The first-order valence-electron chi connectivity index (χ1n) is 11.9. The first-order valence-corrected chi connectivity index (χ1v) is 12.8. The first-order chi connectivity index (χ1) is 18.0. The predicted molar refractivity (Wildman–Crippen MR) is 143 cm³/mol. The van der Waals surface area contributed by atoms with Gasteiger partial charge in [0.2, 0.25) is 0 Å². The molecule has 1 aliphatic rings. The van der Waals surface area contributed by atoms with Crippen molar-refractivity contribution in [1.29, 1.82) is 0 Å². The van der Waals surface area contributed by atoms with Crippen LogP contribution in [0.4, 0.5) is 0 Å². The van der Waals surface area contributed by atoms with Gasteiger partial charge in [-0.05, 0) is 52.8 Å². The molecule has 5 rings (SSSR count). The number of aromatic nitrogens is 1. The van der Waals surface area contributed by atoms with E-state index in [9.17, 15) is 14.4 Å². The summed E-state index contributed by atoms with van der Waals surface area (Å²) in [6.07, 6.45) is 3.37. The maximum atomic E-state index is 13.3. The van der Waals surface area contributed by atoms with E-state index < -0.39 is 17.4 Å². The number of nitrogens with zero attached hydrogens (tertiary/aromatic N) is 1. The minimum Gasteiger partial charge on any atom is -0.344 e. The Kier molecular flexibility index (Phi) is 6.97. The van der Waals surface area contributed by atoms with E-state index in [4.69, 9.17) is 0 Å². The smallest absolute Gasteiger partial charge is 0.310 e. The molecule has 0 unspecified atom stereocenters. The maximum Gasteiger partial charge on any atom is 0.310 e. The van der Waals surface area contributed by atoms with E-state index in [1.54, 1.807) is 30.5 Å². The average molecular weight is 509 g/mol. The zero-order chi connectivity index (χ0) is 25.7. The molecule has 1 fully saturated rings. The van der Waals surface area contributed by atoms with Crippen LogP contribution in [0.5, 0.6) is 0 Å². The second kappa shape index (κ2) is 10.6. The van der Waals surface area contributed by atoms with Gasteiger partial charge in [-0.2, -0.15) is 0 Å². The van der Waals surface area contributed by atoms with Crippen LogP contribution in [0.3, 0.4) is 0 Å². The van der Waals surface area contributed by atoms with Gasteiger partial charge in [-0.1, -0.05) is 60.5 Å². The lowest BCUT2D eigenvalue weighted by atomic mass is 9.99. The molecule has 7 nitrogen and oxygen atoms in total. The highest BCUT2D eigenvalue weighted by Gasteiger charge is 2.46. The fourth-order valence-electron chi connectivity index (χ4n) is 4.14. The fraction of sp³-hybridized carbons (Fsp3) is 0.172. The van der Waals surface area contributed by atoms with Gasteiger partial charge >= 0.3 is 11.8 Å². The van der Waals surface area contributed by atoms with Crippen molar-refractivity contribution in [3.05, 3.63) is 100 Å². The highest BCUT2D eigenvalue weighted by Crippen LogP contribution is 2.46. The molecule has 0 bridgehead atoms. The maximum absolute atomic E-state index is 13.3. The molecule has 3 N–H and O–H groups in total. The van der Waals surface area contributed by atoms with E-state index in [1.165, 1.54) is 11.3 Å². The van der Waals surface area contributed by atoms with E-state index in [1.807, 2.05) is 17.5 Å². The first kappa shape index (κ1) is 24.2. The van der Waals surface area contributed by atoms with Gasteiger partial charge in [0.1, 0.15) is 0 Å². The van der Waals surface area contributed by atoms with E-state index >= 15 is 0 Å². The Bertz CT molecular complexity index is 1530. The third-order valence-electron chi connectivity index (χ3n) is 6.28. The van der Waals surface area contributed by atoms with Gasteiger partial charge in [-0.25, -0.2) is 4.98 Å². The van der Waals surface area contributed by atoms with Crippen LogP contribution in [0, 0.1) is 11.8 Å². The lowest BCUT2D eigenvalue weighted by molar-refractivity contribution is -0.139. The predicted octanol–water partition coefficient (Wildman–Crippen LogP) is 3.50. The standard InChI is InChI=1S/C29H24N4O3S/c34-26(33-29(13-14-29)23-12-11-20-6-1-2-7-21(20)18-23)24-9-4-3-8-22(24)19-32-28(36)27(35)31-15-5-10-25-30-16-17-37-25/h1-4,6-9,11-12,16-18H,13-15,19H2,(H,31,35)(H,32,36)(H,33,34). The van der Waals surface area contributed by atoms with Gasteiger partial charge in [-0.15, -0.1) is 11.3 Å². The molecule has 1 aliphatic carbocycles. The SMILES string of the molecule is O=C(NCC#Cc1nccs1)C(=O)NCc1ccccc1C(=O)NC1(c2ccc3ccccc3c2)CC1. The fourth-order valence-corrected chi connectivity index (χ4v) is 4.65. The molecular formula is C29H24N4O3S. The molecule has 0 spiro atoms. The average Bonchev–Trinajstić information content (AvgIpc) is 3.52. The van der Waals surface area contributed by atoms with Crippen molar-refractivity contribution >= 4 is 39.8 Å². The Morgan fingerprint density at radius 1 is 0.919 bits per heavy atom. The molecular weight excluding hydrogens is 484 g/mol. The summed E-state index contributed by atoms with van der Waals surface area (Å²) in [7, 11) is 0. The van der Waals surface area contributed by atoms with Crippen molar-refractivity contribution in [2.75, 3.05) is 6.54 Å². The molecule has 0 atom stereocenters. The van der Waals surface area contributed by atoms with Gasteiger partial charge in [0, 0.05) is 23.7 Å². The van der Waals surface area contributed by atoms with E-state index in [0.29, 0.717) is 16.1 Å². The molecule has 0 saturated heterocycles. The molecule has 3 aromatic carbocycles. The lowest BCUT2D eigenvalue weighted by Crippen LogP contribution is -2.40. The molecule has 0 aliphatic heterocycles. The minimum absolute atomic E-state index is 0.0294. The summed E-state index contributed by atoms with van der Waals surface area (Å²) in [6.45, 7) is 0.0747. The van der Waals surface area contributed by atoms with E-state index in [-0.39, 0.29) is 19.0 Å². The summed E-state index contributed by atoms with van der Waals surface area (Å²) in [6, 6.07) is 21.5. The molecule has 3 amide bonds. The second-order valence-corrected chi connectivity index (χ2v) is 9.65. The van der Waals surface area contributed by atoms with Crippen molar-refractivity contribution in [3.8, 4) is 11.8 Å². The van der Waals surface area contributed by atoms with Crippen LogP contribution in [-0.2, 0) is 21.7 Å². The van der Waals surface area contributed by atoms with Crippen LogP contribution in [-0.4, -0.2) is 29.3 Å². The van der Waals surface area contributed by atoms with Crippen LogP contribution in [0.25, 0.3) is 10.8 Å². The zero-order valence-corrected chi connectivity index (χ0v) is 20.7. The monoisotopic (exact) mass is 508 g/mol. The number of amides is 3. The topological polar surface area (TPSA) is 100 Å². The Morgan fingerprint density at radius 2 is 1.68 bits per heavy atom. The van der Waals surface area contributed by atoms with Crippen LogP contribution < -0.4 is 16.0 Å². The number of benzene rings is 3. The summed E-state index contributed by atoms with van der Waals surface area (Å²) in [5.41, 5.74) is 1.78. The third-order valence-corrected chi connectivity index (χ3v) is 6.97. The Labute approximate surface area is 218 Å². The summed E-state index contributed by atoms with van der Waals surface area (Å²) in [4.78, 5) is 41.7. The summed E-state index contributed by atoms with van der Waals surface area (Å²) < 4.78 is 0. The van der Waals surface area contributed by atoms with Crippen molar-refractivity contribution in [2.24, 2.45) is 0 Å². The molecule has 4 aromatic rings. The van der Waals surface area contributed by atoms with Crippen molar-refractivity contribution < 1.29 is 14.4 Å². The van der Waals surface area contributed by atoms with Crippen molar-refractivity contribution in [1.82, 2.24) is 20.9 Å². The largest absolute Gasteiger partial charge is 0.344 e. The number of thiazole rings is 1. The summed E-state index contributed by atoms with van der Waals surface area (Å²) in [5.74, 6) is 3.77. The number of carbonyl (C=O) groups is 3. The second-order valence-electron chi connectivity index (χ2n) is 8.76. The summed E-state index contributed by atoms with van der Waals surface area (Å²) >= 11 is 1.39. The van der Waals surface area contributed by atoms with Crippen LogP contribution in [0.1, 0.15) is 39.3 Å². The molecule has 1 saturated carbocycles. The molecule has 0 radical (unpaired) electrons. The van der Waals surface area contributed by atoms with Gasteiger partial charge in [-0.3, -0.25) is 14.4 Å². The quantitative estimate of drug-likeness (QED) is 0.274. The van der Waals surface area contributed by atoms with Crippen LogP contribution in [0.2, 0.25) is 0 Å². The Morgan fingerprint density at radius 3 is 2.46 bits per heavy atom. The molecule has 1 aromatic heterocycles. The normalized spacial score (nSPS) is 13.2. The van der Waals surface area contributed by atoms with E-state index in [2.05, 4.69) is 63.1 Å². The van der Waals surface area contributed by atoms with Gasteiger partial charge < -0.3 is 16.0 Å². The Balaban J connectivity index is 1.20. The minimum atomic E-state index is -0.791. The molecule has 37 heavy (non-hydrogen) atoms. The highest BCUT2D eigenvalue weighted by molar-refractivity contribution is 7.10. The van der Waals surface area contributed by atoms with Crippen molar-refractivity contribution in [2.45, 2.75) is 24.9 Å². The van der Waals surface area contributed by atoms with Gasteiger partial charge in [0.05, 0.1) is 12.1 Å². The molecule has 184 valence electrons. The van der Waals surface area contributed by atoms with Gasteiger partial charge in [0.15, 0.2) is 5.01 Å².